The van der Waals surface area contributed by atoms with Gasteiger partial charge in [0.05, 0.1) is 5.69 Å². The van der Waals surface area contributed by atoms with Crippen LogP contribution in [0.4, 0.5) is 0 Å². The van der Waals surface area contributed by atoms with Crippen molar-refractivity contribution >= 4 is 23.2 Å². The summed E-state index contributed by atoms with van der Waals surface area (Å²) in [4.78, 5) is 4.46. The van der Waals surface area contributed by atoms with Gasteiger partial charge in [-0.2, -0.15) is 0 Å². The maximum atomic E-state index is 10.1. The number of hydrogen-bond donors (Lipinski definition) is 1. The van der Waals surface area contributed by atoms with Crippen LogP contribution in [-0.2, 0) is 0 Å². The second kappa shape index (κ2) is 7.65. The van der Waals surface area contributed by atoms with Crippen molar-refractivity contribution in [1.29, 1.82) is 0 Å². The number of aliphatic hydroxyl groups is 1. The normalized spacial score (nSPS) is 13.4. The van der Waals surface area contributed by atoms with Gasteiger partial charge in [-0.15, -0.1) is 6.42 Å². The number of benzene rings is 1. The van der Waals surface area contributed by atoms with Crippen LogP contribution in [0.15, 0.2) is 36.5 Å². The van der Waals surface area contributed by atoms with Gasteiger partial charge in [-0.05, 0) is 30.2 Å². The van der Waals surface area contributed by atoms with Crippen LogP contribution in [-0.4, -0.2) is 10.1 Å². The van der Waals surface area contributed by atoms with E-state index in [-0.39, 0.29) is 5.92 Å². The molecule has 2 atom stereocenters. The van der Waals surface area contributed by atoms with Crippen molar-refractivity contribution in [3.05, 3.63) is 63.4 Å². The van der Waals surface area contributed by atoms with Crippen LogP contribution in [0.25, 0.3) is 0 Å². The number of terminal acetylenes is 1. The molecule has 2 unspecified atom stereocenters. The summed E-state index contributed by atoms with van der Waals surface area (Å²) in [5.41, 5.74) is 2.35. The first kappa shape index (κ1) is 16.8. The number of rotatable bonds is 5. The average molecular weight is 334 g/mol. The van der Waals surface area contributed by atoms with E-state index in [9.17, 15) is 5.11 Å². The minimum absolute atomic E-state index is 0.0334. The molecular weight excluding hydrogens is 317 g/mol. The number of hydrogen-bond acceptors (Lipinski definition) is 2. The Morgan fingerprint density at radius 3 is 2.68 bits per heavy atom. The second-order valence-corrected chi connectivity index (χ2v) is 5.90. The zero-order chi connectivity index (χ0) is 16.1. The van der Waals surface area contributed by atoms with Crippen LogP contribution < -0.4 is 0 Å². The highest BCUT2D eigenvalue weighted by Crippen LogP contribution is 2.36. The largest absolute Gasteiger partial charge is 0.376 e. The molecule has 1 N–H and O–H groups in total. The molecule has 1 aromatic heterocycles. The van der Waals surface area contributed by atoms with E-state index >= 15 is 0 Å². The minimum Gasteiger partial charge on any atom is -0.376 e. The van der Waals surface area contributed by atoms with Crippen LogP contribution in [0.2, 0.25) is 10.0 Å². The fraction of sp³-hybridized carbons (Fsp3) is 0.278. The van der Waals surface area contributed by atoms with E-state index in [1.807, 2.05) is 12.1 Å². The first-order valence-corrected chi connectivity index (χ1v) is 7.88. The van der Waals surface area contributed by atoms with Gasteiger partial charge in [0, 0.05) is 27.7 Å². The molecule has 2 rings (SSSR count). The van der Waals surface area contributed by atoms with Gasteiger partial charge in [0.2, 0.25) is 0 Å². The van der Waals surface area contributed by atoms with Gasteiger partial charge in [0.1, 0.15) is 6.10 Å². The van der Waals surface area contributed by atoms with Gasteiger partial charge < -0.3 is 5.11 Å². The highest BCUT2D eigenvalue weighted by Gasteiger charge is 2.23. The smallest absolute Gasteiger partial charge is 0.141 e. The summed E-state index contributed by atoms with van der Waals surface area (Å²) in [6.07, 6.45) is 7.89. The Kier molecular flexibility index (Phi) is 5.85. The zero-order valence-electron chi connectivity index (χ0n) is 12.3. The van der Waals surface area contributed by atoms with Crippen LogP contribution in [0.5, 0.6) is 0 Å². The van der Waals surface area contributed by atoms with Gasteiger partial charge in [-0.1, -0.05) is 54.6 Å². The Bertz CT molecular complexity index is 694. The lowest BCUT2D eigenvalue weighted by Crippen LogP contribution is -2.10. The van der Waals surface area contributed by atoms with Crippen molar-refractivity contribution in [2.75, 3.05) is 0 Å². The lowest BCUT2D eigenvalue weighted by atomic mass is 9.87. The molecule has 2 aromatic rings. The third kappa shape index (κ3) is 3.62. The van der Waals surface area contributed by atoms with E-state index in [1.165, 1.54) is 0 Å². The van der Waals surface area contributed by atoms with Crippen molar-refractivity contribution < 1.29 is 5.11 Å². The first-order valence-electron chi connectivity index (χ1n) is 7.12. The molecular formula is C18H17Cl2NO. The predicted octanol–water partition coefficient (Wildman–Crippen LogP) is 4.99. The topological polar surface area (TPSA) is 33.1 Å². The summed E-state index contributed by atoms with van der Waals surface area (Å²) in [6.45, 7) is 2.09. The molecule has 0 aliphatic carbocycles. The standard InChI is InChI=1S/C18H17Cl2NO/c1-3-6-14(13-9-8-12(19)11-16(13)20)18-15(17(22)4-2)7-5-10-21-18/h2,5,7-11,14,17,22H,3,6H2,1H3. The molecule has 22 heavy (non-hydrogen) atoms. The van der Waals surface area contributed by atoms with E-state index in [0.717, 1.165) is 24.1 Å². The molecule has 0 amide bonds. The Labute approximate surface area is 141 Å². The van der Waals surface area contributed by atoms with Gasteiger partial charge in [0.25, 0.3) is 0 Å². The van der Waals surface area contributed by atoms with E-state index < -0.39 is 6.10 Å². The van der Waals surface area contributed by atoms with Crippen molar-refractivity contribution in [3.63, 3.8) is 0 Å². The molecule has 1 aromatic carbocycles. The first-order chi connectivity index (χ1) is 10.6. The maximum Gasteiger partial charge on any atom is 0.141 e. The summed E-state index contributed by atoms with van der Waals surface area (Å²) < 4.78 is 0. The molecule has 0 spiro atoms. The number of pyridine rings is 1. The second-order valence-electron chi connectivity index (χ2n) is 5.05. The van der Waals surface area contributed by atoms with Gasteiger partial charge in [-0.3, -0.25) is 4.98 Å². The third-order valence-electron chi connectivity index (χ3n) is 3.57. The zero-order valence-corrected chi connectivity index (χ0v) is 13.8. The molecule has 4 heteroatoms. The van der Waals surface area contributed by atoms with Crippen molar-refractivity contribution in [2.24, 2.45) is 0 Å². The average Bonchev–Trinajstić information content (AvgIpc) is 2.52. The molecule has 0 aliphatic heterocycles. The molecule has 0 aliphatic rings. The van der Waals surface area contributed by atoms with Crippen molar-refractivity contribution in [3.8, 4) is 12.3 Å². The fourth-order valence-electron chi connectivity index (χ4n) is 2.55. The Hall–Kier alpha value is -1.53. The Balaban J connectivity index is 2.56. The third-order valence-corrected chi connectivity index (χ3v) is 4.13. The monoisotopic (exact) mass is 333 g/mol. The predicted molar refractivity (Wildman–Crippen MR) is 91.2 cm³/mol. The quantitative estimate of drug-likeness (QED) is 0.782. The highest BCUT2D eigenvalue weighted by atomic mass is 35.5. The van der Waals surface area contributed by atoms with Gasteiger partial charge in [0.15, 0.2) is 0 Å². The molecule has 0 fully saturated rings. The summed E-state index contributed by atoms with van der Waals surface area (Å²) in [5.74, 6) is 2.32. The fourth-order valence-corrected chi connectivity index (χ4v) is 3.09. The maximum absolute atomic E-state index is 10.1. The SMILES string of the molecule is C#CC(O)c1cccnc1C(CCC)c1ccc(Cl)cc1Cl. The summed E-state index contributed by atoms with van der Waals surface area (Å²) in [6, 6.07) is 9.02. The van der Waals surface area contributed by atoms with Gasteiger partial charge >= 0.3 is 0 Å². The molecule has 1 heterocycles. The summed E-state index contributed by atoms with van der Waals surface area (Å²) in [5, 5.41) is 11.2. The molecule has 0 saturated heterocycles. The summed E-state index contributed by atoms with van der Waals surface area (Å²) >= 11 is 12.3. The lowest BCUT2D eigenvalue weighted by molar-refractivity contribution is 0.236. The number of nitrogens with zero attached hydrogens (tertiary/aromatic N) is 1. The van der Waals surface area contributed by atoms with E-state index in [2.05, 4.69) is 17.8 Å². The summed E-state index contributed by atoms with van der Waals surface area (Å²) in [7, 11) is 0. The van der Waals surface area contributed by atoms with E-state index in [4.69, 9.17) is 29.6 Å². The number of aromatic nitrogens is 1. The van der Waals surface area contributed by atoms with Crippen LogP contribution in [0.1, 0.15) is 48.6 Å². The number of halogens is 2. The van der Waals surface area contributed by atoms with E-state index in [0.29, 0.717) is 15.6 Å². The highest BCUT2D eigenvalue weighted by molar-refractivity contribution is 6.35. The van der Waals surface area contributed by atoms with Crippen LogP contribution in [0, 0.1) is 12.3 Å². The Morgan fingerprint density at radius 2 is 2.05 bits per heavy atom. The minimum atomic E-state index is -0.978. The van der Waals surface area contributed by atoms with Crippen molar-refractivity contribution in [2.45, 2.75) is 31.8 Å². The molecule has 0 saturated carbocycles. The number of aliphatic hydroxyl groups excluding tert-OH is 1. The molecule has 0 bridgehead atoms. The Morgan fingerprint density at radius 1 is 1.27 bits per heavy atom. The molecule has 0 radical (unpaired) electrons. The molecule has 2 nitrogen and oxygen atoms in total. The lowest BCUT2D eigenvalue weighted by Gasteiger charge is -2.21. The van der Waals surface area contributed by atoms with Gasteiger partial charge in [-0.25, -0.2) is 0 Å². The van der Waals surface area contributed by atoms with Crippen LogP contribution in [0.3, 0.4) is 0 Å². The van der Waals surface area contributed by atoms with Crippen LogP contribution >= 0.6 is 23.2 Å². The molecule has 114 valence electrons. The van der Waals surface area contributed by atoms with E-state index in [1.54, 1.807) is 24.4 Å². The van der Waals surface area contributed by atoms with Crippen molar-refractivity contribution in [1.82, 2.24) is 4.98 Å².